The SMILES string of the molecule is c1ccc(-c2cccc3c2oc2c(N(c4ccccc4)c4ccc(C5(c6ccccc6)c6ccccc6-c6ccccc65)cc4)ccc(-c4ccccc4)c23)cc1. The maximum absolute atomic E-state index is 7.17. The van der Waals surface area contributed by atoms with E-state index in [0.717, 1.165) is 61.3 Å². The predicted molar refractivity (Wildman–Crippen MR) is 237 cm³/mol. The van der Waals surface area contributed by atoms with Crippen molar-refractivity contribution >= 4 is 39.0 Å². The molecule has 268 valence electrons. The van der Waals surface area contributed by atoms with Gasteiger partial charge in [0.15, 0.2) is 5.58 Å². The molecule has 0 fully saturated rings. The quantitative estimate of drug-likeness (QED) is 0.163. The predicted octanol–water partition coefficient (Wildman–Crippen LogP) is 14.8. The summed E-state index contributed by atoms with van der Waals surface area (Å²) in [6.07, 6.45) is 0. The van der Waals surface area contributed by atoms with Crippen LogP contribution in [0.15, 0.2) is 229 Å². The molecular weight excluding hydrogens is 691 g/mol. The fourth-order valence-corrected chi connectivity index (χ4v) is 9.34. The number of hydrogen-bond donors (Lipinski definition) is 0. The van der Waals surface area contributed by atoms with Crippen LogP contribution in [0, 0.1) is 0 Å². The van der Waals surface area contributed by atoms with Crippen molar-refractivity contribution in [1.82, 2.24) is 0 Å². The molecule has 1 aromatic heterocycles. The van der Waals surface area contributed by atoms with Gasteiger partial charge in [0.05, 0.1) is 11.1 Å². The molecule has 0 bridgehead atoms. The number of fused-ring (bicyclic) bond motifs is 6. The summed E-state index contributed by atoms with van der Waals surface area (Å²) >= 11 is 0. The largest absolute Gasteiger partial charge is 0.453 e. The lowest BCUT2D eigenvalue weighted by atomic mass is 9.68. The van der Waals surface area contributed by atoms with Crippen LogP contribution in [0.2, 0.25) is 0 Å². The van der Waals surface area contributed by atoms with E-state index < -0.39 is 5.41 Å². The Labute approximate surface area is 332 Å². The first-order valence-corrected chi connectivity index (χ1v) is 19.6. The number of anilines is 3. The Morgan fingerprint density at radius 1 is 0.333 bits per heavy atom. The first-order valence-electron chi connectivity index (χ1n) is 19.6. The monoisotopic (exact) mass is 727 g/mol. The third kappa shape index (κ3) is 5.11. The van der Waals surface area contributed by atoms with Crippen LogP contribution in [0.5, 0.6) is 0 Å². The fraction of sp³-hybridized carbons (Fsp3) is 0.0182. The average molecular weight is 728 g/mol. The first-order chi connectivity index (χ1) is 28.3. The van der Waals surface area contributed by atoms with Gasteiger partial charge in [-0.05, 0) is 80.4 Å². The molecule has 2 nitrogen and oxygen atoms in total. The molecule has 1 aliphatic carbocycles. The summed E-state index contributed by atoms with van der Waals surface area (Å²) in [6.45, 7) is 0. The van der Waals surface area contributed by atoms with Crippen molar-refractivity contribution in [1.29, 1.82) is 0 Å². The molecule has 0 aliphatic heterocycles. The lowest BCUT2D eigenvalue weighted by molar-refractivity contribution is 0.670. The van der Waals surface area contributed by atoms with Crippen molar-refractivity contribution in [3.8, 4) is 33.4 Å². The van der Waals surface area contributed by atoms with Crippen LogP contribution in [0.25, 0.3) is 55.3 Å². The molecule has 0 saturated heterocycles. The molecule has 1 heterocycles. The standard InChI is InChI=1S/C55H37NO/c1-5-18-38(19-6-1)44-36-37-51(54-52(44)48-29-17-28-45(53(48)57-54)39-20-7-2-8-21-39)56(42-24-11-4-12-25-42)43-34-32-41(33-35-43)55(40-22-9-3-10-23-40)49-30-15-13-26-46(49)47-27-14-16-31-50(47)55/h1-37H. The molecule has 0 saturated carbocycles. The topological polar surface area (TPSA) is 16.4 Å². The van der Waals surface area contributed by atoms with Crippen molar-refractivity contribution in [2.24, 2.45) is 0 Å². The van der Waals surface area contributed by atoms with Gasteiger partial charge in [0.1, 0.15) is 5.58 Å². The van der Waals surface area contributed by atoms with Crippen LogP contribution in [0.4, 0.5) is 17.1 Å². The van der Waals surface area contributed by atoms with Gasteiger partial charge in [-0.3, -0.25) is 0 Å². The van der Waals surface area contributed by atoms with E-state index in [0.29, 0.717) is 0 Å². The third-order valence-electron chi connectivity index (χ3n) is 11.8. The zero-order valence-electron chi connectivity index (χ0n) is 31.2. The molecule has 0 atom stereocenters. The first kappa shape index (κ1) is 33.0. The highest BCUT2D eigenvalue weighted by molar-refractivity contribution is 6.19. The van der Waals surface area contributed by atoms with Gasteiger partial charge < -0.3 is 9.32 Å². The molecule has 10 aromatic rings. The molecule has 0 spiro atoms. The van der Waals surface area contributed by atoms with E-state index in [1.807, 2.05) is 0 Å². The molecule has 9 aromatic carbocycles. The summed E-state index contributed by atoms with van der Waals surface area (Å²) in [4.78, 5) is 2.34. The summed E-state index contributed by atoms with van der Waals surface area (Å²) in [7, 11) is 0. The van der Waals surface area contributed by atoms with Crippen molar-refractivity contribution in [3.63, 3.8) is 0 Å². The zero-order valence-corrected chi connectivity index (χ0v) is 31.2. The molecular formula is C55H37NO. The third-order valence-corrected chi connectivity index (χ3v) is 11.8. The van der Waals surface area contributed by atoms with Crippen molar-refractivity contribution < 1.29 is 4.42 Å². The van der Waals surface area contributed by atoms with E-state index in [-0.39, 0.29) is 0 Å². The molecule has 2 heteroatoms. The van der Waals surface area contributed by atoms with E-state index in [1.54, 1.807) is 0 Å². The minimum Gasteiger partial charge on any atom is -0.453 e. The van der Waals surface area contributed by atoms with Gasteiger partial charge in [0, 0.05) is 27.7 Å². The normalized spacial score (nSPS) is 12.7. The van der Waals surface area contributed by atoms with Crippen LogP contribution in [0.1, 0.15) is 22.3 Å². The van der Waals surface area contributed by atoms with Crippen LogP contribution < -0.4 is 4.90 Å². The van der Waals surface area contributed by atoms with E-state index in [2.05, 4.69) is 229 Å². The number of benzene rings is 9. The number of nitrogens with zero attached hydrogens (tertiary/aromatic N) is 1. The summed E-state index contributed by atoms with van der Waals surface area (Å²) in [5.74, 6) is 0. The van der Waals surface area contributed by atoms with Crippen molar-refractivity contribution in [3.05, 3.63) is 247 Å². The maximum Gasteiger partial charge on any atom is 0.160 e. The van der Waals surface area contributed by atoms with Gasteiger partial charge in [-0.15, -0.1) is 0 Å². The summed E-state index contributed by atoms with van der Waals surface area (Å²) < 4.78 is 7.17. The number of furan rings is 1. The Kier molecular flexibility index (Phi) is 7.75. The second kappa shape index (κ2) is 13.4. The Morgan fingerprint density at radius 3 is 1.46 bits per heavy atom. The highest BCUT2D eigenvalue weighted by Gasteiger charge is 2.45. The van der Waals surface area contributed by atoms with Crippen LogP contribution >= 0.6 is 0 Å². The second-order valence-corrected chi connectivity index (χ2v) is 14.8. The molecule has 11 rings (SSSR count). The second-order valence-electron chi connectivity index (χ2n) is 14.8. The van der Waals surface area contributed by atoms with Crippen LogP contribution in [-0.4, -0.2) is 0 Å². The Hall–Kier alpha value is -7.42. The molecule has 0 unspecified atom stereocenters. The van der Waals surface area contributed by atoms with E-state index in [4.69, 9.17) is 4.42 Å². The summed E-state index contributed by atoms with van der Waals surface area (Å²) in [5.41, 5.74) is 16.5. The number of para-hydroxylation sites is 2. The van der Waals surface area contributed by atoms with Gasteiger partial charge in [0.2, 0.25) is 0 Å². The highest BCUT2D eigenvalue weighted by atomic mass is 16.3. The maximum atomic E-state index is 7.17. The molecule has 1 aliphatic rings. The Morgan fingerprint density at radius 2 is 0.825 bits per heavy atom. The van der Waals surface area contributed by atoms with Crippen LogP contribution in [0.3, 0.4) is 0 Å². The van der Waals surface area contributed by atoms with Crippen LogP contribution in [-0.2, 0) is 5.41 Å². The molecule has 0 amide bonds. The number of hydrogen-bond acceptors (Lipinski definition) is 2. The minimum atomic E-state index is -0.471. The van der Waals surface area contributed by atoms with E-state index in [1.165, 1.54) is 33.4 Å². The molecule has 0 N–H and O–H groups in total. The molecule has 0 radical (unpaired) electrons. The Bertz CT molecular complexity index is 2990. The Balaban J connectivity index is 1.15. The van der Waals surface area contributed by atoms with Gasteiger partial charge in [0.25, 0.3) is 0 Å². The van der Waals surface area contributed by atoms with E-state index >= 15 is 0 Å². The van der Waals surface area contributed by atoms with Gasteiger partial charge >= 0.3 is 0 Å². The highest BCUT2D eigenvalue weighted by Crippen LogP contribution is 2.56. The lowest BCUT2D eigenvalue weighted by Gasteiger charge is -2.34. The fourth-order valence-electron chi connectivity index (χ4n) is 9.34. The number of rotatable bonds is 7. The molecule has 57 heavy (non-hydrogen) atoms. The minimum absolute atomic E-state index is 0.471. The summed E-state index contributed by atoms with van der Waals surface area (Å²) in [6, 6.07) is 80.9. The lowest BCUT2D eigenvalue weighted by Crippen LogP contribution is -2.28. The van der Waals surface area contributed by atoms with Gasteiger partial charge in [-0.2, -0.15) is 0 Å². The zero-order chi connectivity index (χ0) is 37.8. The average Bonchev–Trinajstić information content (AvgIpc) is 3.83. The smallest absolute Gasteiger partial charge is 0.160 e. The van der Waals surface area contributed by atoms with Gasteiger partial charge in [-0.25, -0.2) is 0 Å². The van der Waals surface area contributed by atoms with E-state index in [9.17, 15) is 0 Å². The summed E-state index contributed by atoms with van der Waals surface area (Å²) in [5, 5.41) is 2.20. The van der Waals surface area contributed by atoms with Gasteiger partial charge in [-0.1, -0.05) is 194 Å². The van der Waals surface area contributed by atoms with Crippen molar-refractivity contribution in [2.75, 3.05) is 4.90 Å². The van der Waals surface area contributed by atoms with Crippen molar-refractivity contribution in [2.45, 2.75) is 5.41 Å².